The van der Waals surface area contributed by atoms with Gasteiger partial charge in [-0.3, -0.25) is 0 Å². The van der Waals surface area contributed by atoms with Gasteiger partial charge in [0.25, 0.3) is 0 Å². The summed E-state index contributed by atoms with van der Waals surface area (Å²) >= 11 is 0. The summed E-state index contributed by atoms with van der Waals surface area (Å²) < 4.78 is 22.6. The molecule has 2 nitrogen and oxygen atoms in total. The van der Waals surface area contributed by atoms with Crippen molar-refractivity contribution in [2.45, 2.75) is 0 Å². The van der Waals surface area contributed by atoms with Crippen LogP contribution in [0.5, 0.6) is 5.75 Å². The van der Waals surface area contributed by atoms with Gasteiger partial charge in [0.1, 0.15) is 17.3 Å². The maximum atomic E-state index is 12.8. The van der Waals surface area contributed by atoms with Crippen molar-refractivity contribution in [2.24, 2.45) is 0 Å². The number of methoxy groups -OCH3 is 2. The van der Waals surface area contributed by atoms with E-state index in [0.717, 1.165) is 0 Å². The van der Waals surface area contributed by atoms with Gasteiger partial charge in [0.05, 0.1) is 19.8 Å². The lowest BCUT2D eigenvalue weighted by Crippen LogP contribution is -1.93. The first-order valence-corrected chi connectivity index (χ1v) is 3.76. The van der Waals surface area contributed by atoms with Crippen LogP contribution >= 0.6 is 0 Å². The van der Waals surface area contributed by atoms with Crippen molar-refractivity contribution in [3.05, 3.63) is 36.2 Å². The Labute approximate surface area is 76.6 Å². The van der Waals surface area contributed by atoms with E-state index in [1.165, 1.54) is 26.4 Å². The molecule has 0 bridgehead atoms. The van der Waals surface area contributed by atoms with E-state index in [1.807, 2.05) is 0 Å². The van der Waals surface area contributed by atoms with Gasteiger partial charge in [-0.2, -0.15) is 0 Å². The van der Waals surface area contributed by atoms with Crippen LogP contribution in [0.25, 0.3) is 5.76 Å². The van der Waals surface area contributed by atoms with E-state index in [1.54, 1.807) is 6.07 Å². The second-order valence-electron chi connectivity index (χ2n) is 2.47. The molecule has 0 atom stereocenters. The Morgan fingerprint density at radius 3 is 2.62 bits per heavy atom. The van der Waals surface area contributed by atoms with E-state index >= 15 is 0 Å². The normalized spacial score (nSPS) is 9.46. The molecule has 1 aromatic carbocycles. The van der Waals surface area contributed by atoms with Gasteiger partial charge in [-0.1, -0.05) is 6.58 Å². The van der Waals surface area contributed by atoms with E-state index < -0.39 is 0 Å². The van der Waals surface area contributed by atoms with Crippen molar-refractivity contribution >= 4 is 5.76 Å². The van der Waals surface area contributed by atoms with E-state index in [-0.39, 0.29) is 5.82 Å². The molecule has 0 spiro atoms. The van der Waals surface area contributed by atoms with Crippen LogP contribution in [0.1, 0.15) is 5.56 Å². The van der Waals surface area contributed by atoms with Crippen molar-refractivity contribution in [3.8, 4) is 5.75 Å². The monoisotopic (exact) mass is 182 g/mol. The van der Waals surface area contributed by atoms with Crippen molar-refractivity contribution in [1.29, 1.82) is 0 Å². The minimum Gasteiger partial charge on any atom is -0.497 e. The number of ether oxygens (including phenoxy) is 2. The van der Waals surface area contributed by atoms with E-state index in [0.29, 0.717) is 17.1 Å². The zero-order valence-electron chi connectivity index (χ0n) is 7.63. The summed E-state index contributed by atoms with van der Waals surface area (Å²) in [6.07, 6.45) is 0. The third-order valence-corrected chi connectivity index (χ3v) is 1.71. The van der Waals surface area contributed by atoms with Crippen LogP contribution in [-0.4, -0.2) is 14.2 Å². The second kappa shape index (κ2) is 3.94. The molecule has 0 aliphatic rings. The molecule has 0 N–H and O–H groups in total. The van der Waals surface area contributed by atoms with Crippen LogP contribution in [-0.2, 0) is 4.74 Å². The van der Waals surface area contributed by atoms with Gasteiger partial charge in [-0.25, -0.2) is 4.39 Å². The molecular formula is C10H11FO2. The quantitative estimate of drug-likeness (QED) is 0.668. The van der Waals surface area contributed by atoms with Crippen LogP contribution in [0.2, 0.25) is 0 Å². The maximum absolute atomic E-state index is 12.8. The zero-order valence-corrected chi connectivity index (χ0v) is 7.63. The largest absolute Gasteiger partial charge is 0.497 e. The predicted molar refractivity (Wildman–Crippen MR) is 49.0 cm³/mol. The molecule has 0 unspecified atom stereocenters. The van der Waals surface area contributed by atoms with Gasteiger partial charge in [0, 0.05) is 6.07 Å². The van der Waals surface area contributed by atoms with Crippen molar-refractivity contribution in [3.63, 3.8) is 0 Å². The Morgan fingerprint density at radius 1 is 1.38 bits per heavy atom. The molecule has 1 rings (SSSR count). The van der Waals surface area contributed by atoms with Gasteiger partial charge in [0.15, 0.2) is 0 Å². The molecule has 0 aromatic heterocycles. The molecule has 70 valence electrons. The average Bonchev–Trinajstić information content (AvgIpc) is 2.16. The summed E-state index contributed by atoms with van der Waals surface area (Å²) in [6, 6.07) is 4.20. The molecule has 0 aliphatic heterocycles. The van der Waals surface area contributed by atoms with Gasteiger partial charge in [-0.05, 0) is 12.1 Å². The summed E-state index contributed by atoms with van der Waals surface area (Å²) in [6.45, 7) is 3.66. The molecule has 0 fully saturated rings. The van der Waals surface area contributed by atoms with Crippen LogP contribution in [0.3, 0.4) is 0 Å². The Kier molecular flexibility index (Phi) is 2.90. The number of hydrogen-bond donors (Lipinski definition) is 0. The van der Waals surface area contributed by atoms with Gasteiger partial charge in [0.2, 0.25) is 0 Å². The highest BCUT2D eigenvalue weighted by molar-refractivity contribution is 5.63. The second-order valence-corrected chi connectivity index (χ2v) is 2.47. The summed E-state index contributed by atoms with van der Waals surface area (Å²) in [4.78, 5) is 0. The fraction of sp³-hybridized carbons (Fsp3) is 0.200. The molecule has 0 saturated carbocycles. The first-order valence-electron chi connectivity index (χ1n) is 3.76. The highest BCUT2D eigenvalue weighted by Crippen LogP contribution is 2.25. The third kappa shape index (κ3) is 1.99. The Hall–Kier alpha value is -1.51. The smallest absolute Gasteiger partial charge is 0.132 e. The van der Waals surface area contributed by atoms with E-state index in [2.05, 4.69) is 6.58 Å². The maximum Gasteiger partial charge on any atom is 0.132 e. The minimum atomic E-state index is -0.343. The first kappa shape index (κ1) is 9.58. The van der Waals surface area contributed by atoms with Gasteiger partial charge < -0.3 is 9.47 Å². The lowest BCUT2D eigenvalue weighted by Gasteiger charge is -2.09. The van der Waals surface area contributed by atoms with Crippen LogP contribution < -0.4 is 4.74 Å². The SMILES string of the molecule is C=C(OC)c1ccc(F)cc1OC. The van der Waals surface area contributed by atoms with Gasteiger partial charge >= 0.3 is 0 Å². The number of halogens is 1. The molecule has 0 aliphatic carbocycles. The topological polar surface area (TPSA) is 18.5 Å². The lowest BCUT2D eigenvalue weighted by molar-refractivity contribution is 0.362. The molecule has 13 heavy (non-hydrogen) atoms. The van der Waals surface area contributed by atoms with Crippen molar-refractivity contribution in [2.75, 3.05) is 14.2 Å². The van der Waals surface area contributed by atoms with E-state index in [4.69, 9.17) is 9.47 Å². The number of benzene rings is 1. The third-order valence-electron chi connectivity index (χ3n) is 1.71. The van der Waals surface area contributed by atoms with E-state index in [9.17, 15) is 4.39 Å². The standard InChI is InChI=1S/C10H11FO2/c1-7(12-2)9-5-4-8(11)6-10(9)13-3/h4-6H,1H2,2-3H3. The van der Waals surface area contributed by atoms with Crippen molar-refractivity contribution < 1.29 is 13.9 Å². The summed E-state index contributed by atoms with van der Waals surface area (Å²) in [7, 11) is 2.98. The minimum absolute atomic E-state index is 0.343. The molecule has 1 aromatic rings. The first-order chi connectivity index (χ1) is 6.19. The molecule has 0 amide bonds. The van der Waals surface area contributed by atoms with Crippen LogP contribution in [0.15, 0.2) is 24.8 Å². The Balaban J connectivity index is 3.13. The number of rotatable bonds is 3. The molecule has 0 saturated heterocycles. The van der Waals surface area contributed by atoms with Gasteiger partial charge in [-0.15, -0.1) is 0 Å². The predicted octanol–water partition coefficient (Wildman–Crippen LogP) is 2.45. The average molecular weight is 182 g/mol. The molecule has 0 radical (unpaired) electrons. The lowest BCUT2D eigenvalue weighted by atomic mass is 10.1. The molecule has 0 heterocycles. The highest BCUT2D eigenvalue weighted by Gasteiger charge is 2.07. The zero-order chi connectivity index (χ0) is 9.84. The fourth-order valence-corrected chi connectivity index (χ4v) is 1.01. The number of hydrogen-bond acceptors (Lipinski definition) is 2. The van der Waals surface area contributed by atoms with Crippen LogP contribution in [0, 0.1) is 5.82 Å². The fourth-order valence-electron chi connectivity index (χ4n) is 1.01. The molecular weight excluding hydrogens is 171 g/mol. The Bertz CT molecular complexity index is 321. The highest BCUT2D eigenvalue weighted by atomic mass is 19.1. The summed E-state index contributed by atoms with van der Waals surface area (Å²) in [5.74, 6) is 0.535. The summed E-state index contributed by atoms with van der Waals surface area (Å²) in [5.41, 5.74) is 0.659. The Morgan fingerprint density at radius 2 is 2.08 bits per heavy atom. The van der Waals surface area contributed by atoms with Crippen molar-refractivity contribution in [1.82, 2.24) is 0 Å². The molecule has 3 heteroatoms. The van der Waals surface area contributed by atoms with Crippen LogP contribution in [0.4, 0.5) is 4.39 Å². The summed E-state index contributed by atoms with van der Waals surface area (Å²) in [5, 5.41) is 0.